The zero-order valence-corrected chi connectivity index (χ0v) is 14.5. The highest BCUT2D eigenvalue weighted by Crippen LogP contribution is 2.40. The second-order valence-corrected chi connectivity index (χ2v) is 13.8. The molecule has 19 heavy (non-hydrogen) atoms. The second-order valence-electron chi connectivity index (χ2n) is 6.20. The van der Waals surface area contributed by atoms with Crippen LogP contribution in [-0.2, 0) is 4.12 Å². The molecule has 0 atom stereocenters. The van der Waals surface area contributed by atoms with Gasteiger partial charge in [-0.1, -0.05) is 0 Å². The van der Waals surface area contributed by atoms with E-state index >= 15 is 0 Å². The van der Waals surface area contributed by atoms with E-state index in [0.717, 1.165) is 0 Å². The molecule has 0 spiro atoms. The molecule has 0 aromatic heterocycles. The van der Waals surface area contributed by atoms with Crippen LogP contribution in [0.5, 0.6) is 0 Å². The molecule has 3 aliphatic rings. The predicted octanol–water partition coefficient (Wildman–Crippen LogP) is 1.98. The van der Waals surface area contributed by atoms with Crippen LogP contribution in [0.25, 0.3) is 0 Å². The summed E-state index contributed by atoms with van der Waals surface area (Å²) in [5.74, 6) is 2.48. The molecule has 3 aliphatic heterocycles. The van der Waals surface area contributed by atoms with E-state index in [2.05, 4.69) is 84.0 Å². The number of fused-ring (bicyclic) bond motifs is 2. The highest BCUT2D eigenvalue weighted by Gasteiger charge is 2.50. The minimum Gasteiger partial charge on any atom is -0.424 e. The van der Waals surface area contributed by atoms with Gasteiger partial charge in [-0.05, 0) is 26.2 Å². The van der Waals surface area contributed by atoms with Crippen LogP contribution in [-0.4, -0.2) is 50.0 Å². The first-order valence-corrected chi connectivity index (χ1v) is 12.3. The monoisotopic (exact) mass is 294 g/mol. The Morgan fingerprint density at radius 1 is 0.737 bits per heavy atom. The zero-order chi connectivity index (χ0) is 14.0. The molecule has 0 aliphatic carbocycles. The molecule has 0 fully saturated rings. The first kappa shape index (κ1) is 12.8. The summed E-state index contributed by atoms with van der Waals surface area (Å²) < 4.78 is 11.4. The van der Waals surface area contributed by atoms with Crippen LogP contribution in [0.15, 0.2) is 36.4 Å². The van der Waals surface area contributed by atoms with E-state index in [1.807, 2.05) is 0 Å². The van der Waals surface area contributed by atoms with Gasteiger partial charge in [-0.25, -0.2) is 0 Å². The van der Waals surface area contributed by atoms with Gasteiger partial charge in [-0.15, -0.1) is 0 Å². The van der Waals surface area contributed by atoms with Crippen molar-refractivity contribution in [3.05, 3.63) is 36.4 Å². The average Bonchev–Trinajstić information content (AvgIpc) is 2.78. The summed E-state index contributed by atoms with van der Waals surface area (Å²) in [6, 6.07) is 0. The second kappa shape index (κ2) is 3.68. The molecule has 104 valence electrons. The quantitative estimate of drug-likeness (QED) is 0.636. The molecule has 0 bridgehead atoms. The lowest BCUT2D eigenvalue weighted by atomic mass is 10.5. The van der Waals surface area contributed by atoms with Crippen molar-refractivity contribution in [2.75, 3.05) is 14.1 Å². The van der Waals surface area contributed by atoms with Crippen LogP contribution in [0.2, 0.25) is 26.2 Å². The maximum Gasteiger partial charge on any atom is 0.290 e. The standard InChI is InChI=1S/C12H22N4OSi2/c1-13-7-9-15-11(13)12-14(2)8-10-16(12)19(5,6)17-18(15,3)4/h7-10H,1-6H3. The summed E-state index contributed by atoms with van der Waals surface area (Å²) in [5.41, 5.74) is 0. The normalized spacial score (nSPS) is 27.1. The molecule has 0 aromatic carbocycles. The minimum absolute atomic E-state index is 1.24. The van der Waals surface area contributed by atoms with Gasteiger partial charge in [0.2, 0.25) is 0 Å². The van der Waals surface area contributed by atoms with Crippen molar-refractivity contribution in [3.8, 4) is 0 Å². The SMILES string of the molecule is CN1C=CN2C1=C1N(C)C=CN1[Si](C)(C)O[Si]2(C)C. The first-order chi connectivity index (χ1) is 8.74. The number of rotatable bonds is 0. The summed E-state index contributed by atoms with van der Waals surface area (Å²) in [6.07, 6.45) is 8.55. The van der Waals surface area contributed by atoms with Crippen LogP contribution in [0.4, 0.5) is 0 Å². The summed E-state index contributed by atoms with van der Waals surface area (Å²) in [5, 5.41) is 0. The van der Waals surface area contributed by atoms with Crippen molar-refractivity contribution in [2.24, 2.45) is 0 Å². The van der Waals surface area contributed by atoms with Crippen molar-refractivity contribution in [2.45, 2.75) is 26.2 Å². The molecule has 0 saturated heterocycles. The summed E-state index contributed by atoms with van der Waals surface area (Å²) in [4.78, 5) is 4.39. The minimum atomic E-state index is -1.94. The van der Waals surface area contributed by atoms with Crippen molar-refractivity contribution < 1.29 is 4.12 Å². The summed E-state index contributed by atoms with van der Waals surface area (Å²) in [7, 11) is 0.335. The van der Waals surface area contributed by atoms with Gasteiger partial charge in [0, 0.05) is 38.9 Å². The van der Waals surface area contributed by atoms with Crippen molar-refractivity contribution in [1.82, 2.24) is 18.9 Å². The van der Waals surface area contributed by atoms with E-state index in [1.165, 1.54) is 11.6 Å². The molecule has 7 heteroatoms. The van der Waals surface area contributed by atoms with Gasteiger partial charge in [0.15, 0.2) is 0 Å². The molecule has 3 rings (SSSR count). The Bertz CT molecular complexity index is 468. The topological polar surface area (TPSA) is 22.2 Å². The summed E-state index contributed by atoms with van der Waals surface area (Å²) >= 11 is 0. The molecule has 0 saturated carbocycles. The third-order valence-electron chi connectivity index (χ3n) is 3.86. The Morgan fingerprint density at radius 2 is 1.11 bits per heavy atom. The summed E-state index contributed by atoms with van der Waals surface area (Å²) in [6.45, 7) is 9.10. The van der Waals surface area contributed by atoms with E-state index < -0.39 is 17.0 Å². The average molecular weight is 295 g/mol. The lowest BCUT2D eigenvalue weighted by Gasteiger charge is -2.38. The van der Waals surface area contributed by atoms with E-state index in [1.54, 1.807) is 0 Å². The van der Waals surface area contributed by atoms with Gasteiger partial charge >= 0.3 is 0 Å². The molecule has 0 unspecified atom stereocenters. The van der Waals surface area contributed by atoms with Crippen LogP contribution >= 0.6 is 0 Å². The van der Waals surface area contributed by atoms with Gasteiger partial charge in [0.1, 0.15) is 11.6 Å². The van der Waals surface area contributed by atoms with Crippen LogP contribution in [0, 0.1) is 0 Å². The van der Waals surface area contributed by atoms with Gasteiger partial charge in [0.05, 0.1) is 0 Å². The smallest absolute Gasteiger partial charge is 0.290 e. The fraction of sp³-hybridized carbons (Fsp3) is 0.500. The Labute approximate surface area is 117 Å². The fourth-order valence-electron chi connectivity index (χ4n) is 3.07. The Morgan fingerprint density at radius 3 is 1.47 bits per heavy atom. The highest BCUT2D eigenvalue weighted by molar-refractivity contribution is 6.83. The van der Waals surface area contributed by atoms with Crippen LogP contribution in [0.1, 0.15) is 0 Å². The van der Waals surface area contributed by atoms with Crippen molar-refractivity contribution >= 4 is 17.0 Å². The molecule has 3 heterocycles. The maximum absolute atomic E-state index is 6.64. The van der Waals surface area contributed by atoms with Gasteiger partial charge in [-0.3, -0.25) is 0 Å². The van der Waals surface area contributed by atoms with E-state index in [0.29, 0.717) is 0 Å². The molecule has 5 nitrogen and oxygen atoms in total. The molecule has 0 N–H and O–H groups in total. The van der Waals surface area contributed by atoms with Gasteiger partial charge in [0.25, 0.3) is 17.0 Å². The molecule has 0 radical (unpaired) electrons. The first-order valence-electron chi connectivity index (χ1n) is 6.59. The fourth-order valence-corrected chi connectivity index (χ4v) is 11.1. The Balaban J connectivity index is 2.21. The highest BCUT2D eigenvalue weighted by atomic mass is 28.4. The van der Waals surface area contributed by atoms with E-state index in [4.69, 9.17) is 4.12 Å². The molecule has 0 amide bonds. The van der Waals surface area contributed by atoms with Gasteiger partial charge < -0.3 is 23.0 Å². The number of hydrogen-bond donors (Lipinski definition) is 0. The van der Waals surface area contributed by atoms with Crippen molar-refractivity contribution in [3.63, 3.8) is 0 Å². The molecule has 0 aromatic rings. The Kier molecular flexibility index (Phi) is 2.48. The molecular formula is C12H22N4OSi2. The third kappa shape index (κ3) is 1.68. The van der Waals surface area contributed by atoms with Crippen LogP contribution in [0.3, 0.4) is 0 Å². The third-order valence-corrected chi connectivity index (χ3v) is 10.9. The van der Waals surface area contributed by atoms with Crippen LogP contribution < -0.4 is 0 Å². The predicted molar refractivity (Wildman–Crippen MR) is 80.6 cm³/mol. The Hall–Kier alpha value is -1.19. The molecular weight excluding hydrogens is 272 g/mol. The lowest BCUT2D eigenvalue weighted by molar-refractivity contribution is 0.406. The number of hydrogen-bond acceptors (Lipinski definition) is 5. The van der Waals surface area contributed by atoms with E-state index in [-0.39, 0.29) is 0 Å². The van der Waals surface area contributed by atoms with Gasteiger partial charge in [-0.2, -0.15) is 0 Å². The van der Waals surface area contributed by atoms with E-state index in [9.17, 15) is 0 Å². The largest absolute Gasteiger partial charge is 0.424 e. The number of nitrogens with zero attached hydrogens (tertiary/aromatic N) is 4. The maximum atomic E-state index is 6.64. The van der Waals surface area contributed by atoms with Crippen molar-refractivity contribution in [1.29, 1.82) is 0 Å². The lowest BCUT2D eigenvalue weighted by Crippen LogP contribution is -2.56. The zero-order valence-electron chi connectivity index (χ0n) is 12.5.